The highest BCUT2D eigenvalue weighted by molar-refractivity contribution is 7.89. The first kappa shape index (κ1) is 24.9. The molecule has 0 saturated heterocycles. The number of rotatable bonds is 8. The van der Waals surface area contributed by atoms with Crippen LogP contribution in [0, 0.1) is 0 Å². The Kier molecular flexibility index (Phi) is 7.25. The van der Waals surface area contributed by atoms with E-state index in [2.05, 4.69) is 9.71 Å². The summed E-state index contributed by atoms with van der Waals surface area (Å²) in [5.41, 5.74) is 2.01. The van der Waals surface area contributed by atoms with E-state index >= 15 is 0 Å². The molecule has 0 spiro atoms. The molecular formula is C24H23ClN4O4S2. The van der Waals surface area contributed by atoms with Gasteiger partial charge < -0.3 is 4.90 Å². The zero-order valence-electron chi connectivity index (χ0n) is 19.1. The molecule has 1 aliphatic rings. The molecule has 0 bridgehead atoms. The number of aryl methyl sites for hydroxylation is 1. The van der Waals surface area contributed by atoms with E-state index in [9.17, 15) is 18.0 Å². The van der Waals surface area contributed by atoms with Crippen molar-refractivity contribution in [2.75, 3.05) is 31.3 Å². The third kappa shape index (κ3) is 5.72. The van der Waals surface area contributed by atoms with Crippen molar-refractivity contribution >= 4 is 50.6 Å². The Hall–Kier alpha value is -3.21. The van der Waals surface area contributed by atoms with Crippen LogP contribution in [0.4, 0.5) is 5.82 Å². The molecule has 3 heterocycles. The maximum absolute atomic E-state index is 12.9. The lowest BCUT2D eigenvalue weighted by Gasteiger charge is -2.17. The molecule has 0 atom stereocenters. The summed E-state index contributed by atoms with van der Waals surface area (Å²) in [7, 11) is -0.333. The van der Waals surface area contributed by atoms with Gasteiger partial charge in [-0.05, 0) is 48.4 Å². The number of nitrogens with one attached hydrogen (secondary N) is 1. The molecule has 3 aromatic rings. The van der Waals surface area contributed by atoms with Gasteiger partial charge in [0.15, 0.2) is 0 Å². The second-order valence-corrected chi connectivity index (χ2v) is 11.7. The van der Waals surface area contributed by atoms with E-state index in [0.29, 0.717) is 22.1 Å². The maximum atomic E-state index is 12.9. The maximum Gasteiger partial charge on any atom is 0.276 e. The standard InChI is InChI=1S/C24H23ClN4O4S2/c1-28(2)23(30)19-6-4-3-5-18(19)16-7-10-22(26-15-16)29-13-11-20(24(29)31)27-35(32,33)14-12-17-8-9-21(25)34-17/h3-11,15,27H,12-14H2,1-2H3. The fraction of sp³-hybridized carbons (Fsp3) is 0.208. The van der Waals surface area contributed by atoms with Gasteiger partial charge in [0.25, 0.3) is 11.8 Å². The van der Waals surface area contributed by atoms with Crippen LogP contribution >= 0.6 is 22.9 Å². The first-order valence-electron chi connectivity index (χ1n) is 10.7. The molecule has 1 N–H and O–H groups in total. The van der Waals surface area contributed by atoms with Crippen molar-refractivity contribution in [3.8, 4) is 11.1 Å². The molecule has 11 heteroatoms. The summed E-state index contributed by atoms with van der Waals surface area (Å²) >= 11 is 7.22. The average Bonchev–Trinajstić information content (AvgIpc) is 3.42. The minimum atomic E-state index is -3.71. The van der Waals surface area contributed by atoms with Gasteiger partial charge in [0, 0.05) is 42.8 Å². The Balaban J connectivity index is 1.44. The molecule has 8 nitrogen and oxygen atoms in total. The van der Waals surface area contributed by atoms with Gasteiger partial charge in [0.2, 0.25) is 10.0 Å². The normalized spacial score (nSPS) is 13.6. The molecule has 0 fully saturated rings. The Morgan fingerprint density at radius 1 is 1.17 bits per heavy atom. The van der Waals surface area contributed by atoms with Crippen LogP contribution in [-0.2, 0) is 21.2 Å². The fourth-order valence-electron chi connectivity index (χ4n) is 3.59. The highest BCUT2D eigenvalue weighted by Crippen LogP contribution is 2.27. The van der Waals surface area contributed by atoms with Crippen molar-refractivity contribution in [3.05, 3.63) is 81.3 Å². The van der Waals surface area contributed by atoms with Gasteiger partial charge in [-0.25, -0.2) is 13.4 Å². The third-order valence-electron chi connectivity index (χ3n) is 5.36. The summed E-state index contributed by atoms with van der Waals surface area (Å²) in [5.74, 6) is -0.375. The molecular weight excluding hydrogens is 508 g/mol. The quantitative estimate of drug-likeness (QED) is 0.480. The Bertz CT molecular complexity index is 1400. The Labute approximate surface area is 212 Å². The van der Waals surface area contributed by atoms with E-state index in [1.807, 2.05) is 12.1 Å². The third-order valence-corrected chi connectivity index (χ3v) is 7.93. The van der Waals surface area contributed by atoms with Crippen molar-refractivity contribution in [3.63, 3.8) is 0 Å². The molecule has 2 aromatic heterocycles. The zero-order chi connectivity index (χ0) is 25.2. The van der Waals surface area contributed by atoms with E-state index < -0.39 is 15.9 Å². The summed E-state index contributed by atoms with van der Waals surface area (Å²) in [6.07, 6.45) is 3.43. The van der Waals surface area contributed by atoms with Crippen molar-refractivity contribution < 1.29 is 18.0 Å². The number of aromatic nitrogens is 1. The largest absolute Gasteiger partial charge is 0.345 e. The number of carbonyl (C=O) groups is 2. The van der Waals surface area contributed by atoms with E-state index in [0.717, 1.165) is 16.0 Å². The number of amides is 2. The SMILES string of the molecule is CN(C)C(=O)c1ccccc1-c1ccc(N2CC=C(NS(=O)(=O)CCc3ccc(Cl)s3)C2=O)nc1. The Morgan fingerprint density at radius 2 is 1.94 bits per heavy atom. The summed E-state index contributed by atoms with van der Waals surface area (Å²) in [6.45, 7) is 0.194. The lowest BCUT2D eigenvalue weighted by molar-refractivity contribution is -0.114. The van der Waals surface area contributed by atoms with Crippen LogP contribution in [0.3, 0.4) is 0 Å². The van der Waals surface area contributed by atoms with Gasteiger partial charge in [-0.2, -0.15) is 0 Å². The number of sulfonamides is 1. The first-order valence-corrected chi connectivity index (χ1v) is 13.5. The zero-order valence-corrected chi connectivity index (χ0v) is 21.5. The van der Waals surface area contributed by atoms with Crippen LogP contribution in [0.25, 0.3) is 11.1 Å². The highest BCUT2D eigenvalue weighted by Gasteiger charge is 2.29. The topological polar surface area (TPSA) is 99.7 Å². The molecule has 1 aromatic carbocycles. The minimum absolute atomic E-state index is 0.00186. The van der Waals surface area contributed by atoms with Crippen molar-refractivity contribution in [2.45, 2.75) is 6.42 Å². The number of nitrogens with zero attached hydrogens (tertiary/aromatic N) is 3. The number of carbonyl (C=O) groups excluding carboxylic acids is 2. The number of thiophene rings is 1. The number of hydrogen-bond acceptors (Lipinski definition) is 6. The molecule has 182 valence electrons. The van der Waals surface area contributed by atoms with E-state index in [4.69, 9.17) is 11.6 Å². The van der Waals surface area contributed by atoms with Crippen LogP contribution in [0.1, 0.15) is 15.2 Å². The number of hydrogen-bond donors (Lipinski definition) is 1. The number of benzene rings is 1. The summed E-state index contributed by atoms with van der Waals surface area (Å²) in [5, 5.41) is 0. The molecule has 4 rings (SSSR count). The summed E-state index contributed by atoms with van der Waals surface area (Å²) in [6, 6.07) is 14.2. The van der Waals surface area contributed by atoms with Crippen LogP contribution in [-0.4, -0.2) is 56.5 Å². The second kappa shape index (κ2) is 10.2. The smallest absolute Gasteiger partial charge is 0.276 e. The van der Waals surface area contributed by atoms with Crippen LogP contribution < -0.4 is 9.62 Å². The van der Waals surface area contributed by atoms with Gasteiger partial charge in [0.1, 0.15) is 11.5 Å². The lowest BCUT2D eigenvalue weighted by Crippen LogP contribution is -2.34. The lowest BCUT2D eigenvalue weighted by atomic mass is 10.0. The molecule has 35 heavy (non-hydrogen) atoms. The molecule has 0 saturated carbocycles. The first-order chi connectivity index (χ1) is 16.6. The summed E-state index contributed by atoms with van der Waals surface area (Å²) in [4.78, 5) is 33.5. The molecule has 1 aliphatic heterocycles. The highest BCUT2D eigenvalue weighted by atomic mass is 35.5. The monoisotopic (exact) mass is 530 g/mol. The van der Waals surface area contributed by atoms with E-state index in [1.165, 1.54) is 27.2 Å². The van der Waals surface area contributed by atoms with Crippen LogP contribution in [0.2, 0.25) is 4.34 Å². The van der Waals surface area contributed by atoms with Crippen LogP contribution in [0.15, 0.2) is 66.5 Å². The van der Waals surface area contributed by atoms with Gasteiger partial charge >= 0.3 is 0 Å². The number of pyridine rings is 1. The second-order valence-electron chi connectivity index (χ2n) is 8.06. The molecule has 0 radical (unpaired) electrons. The van der Waals surface area contributed by atoms with Gasteiger partial charge in [-0.15, -0.1) is 11.3 Å². The van der Waals surface area contributed by atoms with Crippen molar-refractivity contribution in [1.29, 1.82) is 0 Å². The fourth-order valence-corrected chi connectivity index (χ4v) is 5.90. The molecule has 0 unspecified atom stereocenters. The minimum Gasteiger partial charge on any atom is -0.345 e. The van der Waals surface area contributed by atoms with Crippen LogP contribution in [0.5, 0.6) is 0 Å². The molecule has 0 aliphatic carbocycles. The van der Waals surface area contributed by atoms with Gasteiger partial charge in [-0.3, -0.25) is 19.2 Å². The van der Waals surface area contributed by atoms with Crippen molar-refractivity contribution in [1.82, 2.24) is 14.6 Å². The number of halogens is 1. The van der Waals surface area contributed by atoms with E-state index in [-0.39, 0.29) is 23.9 Å². The van der Waals surface area contributed by atoms with Crippen molar-refractivity contribution in [2.24, 2.45) is 0 Å². The number of anilines is 1. The van der Waals surface area contributed by atoms with Gasteiger partial charge in [-0.1, -0.05) is 29.8 Å². The average molecular weight is 531 g/mol. The molecule has 2 amide bonds. The van der Waals surface area contributed by atoms with Gasteiger partial charge in [0.05, 0.1) is 10.1 Å². The Morgan fingerprint density at radius 3 is 2.60 bits per heavy atom. The predicted molar refractivity (Wildman–Crippen MR) is 138 cm³/mol. The van der Waals surface area contributed by atoms with E-state index in [1.54, 1.807) is 56.7 Å². The summed E-state index contributed by atoms with van der Waals surface area (Å²) < 4.78 is 28.0. The predicted octanol–water partition coefficient (Wildman–Crippen LogP) is 3.56.